The third-order valence-electron chi connectivity index (χ3n) is 2.80. The van der Waals surface area contributed by atoms with Crippen LogP contribution in [0.1, 0.15) is 17.3 Å². The average molecular weight is 268 g/mol. The number of methoxy groups -OCH3 is 1. The second kappa shape index (κ2) is 6.54. The number of nitrogen functional groups attached to an aromatic ring is 1. The lowest BCUT2D eigenvalue weighted by atomic mass is 10.1. The summed E-state index contributed by atoms with van der Waals surface area (Å²) in [6, 6.07) is 5.26. The SMILES string of the molecule is COc1cc(N)cc(C(=O)N(C)C(C)CSC)c1. The summed E-state index contributed by atoms with van der Waals surface area (Å²) < 4.78 is 5.12. The van der Waals surface area contributed by atoms with Crippen LogP contribution in [0.4, 0.5) is 5.69 Å². The normalized spacial score (nSPS) is 12.0. The van der Waals surface area contributed by atoms with Gasteiger partial charge < -0.3 is 15.4 Å². The Morgan fingerprint density at radius 2 is 2.17 bits per heavy atom. The lowest BCUT2D eigenvalue weighted by molar-refractivity contribution is 0.0757. The smallest absolute Gasteiger partial charge is 0.254 e. The first-order chi connectivity index (χ1) is 8.49. The quantitative estimate of drug-likeness (QED) is 0.831. The van der Waals surface area contributed by atoms with Gasteiger partial charge >= 0.3 is 0 Å². The van der Waals surface area contributed by atoms with Crippen molar-refractivity contribution in [2.24, 2.45) is 0 Å². The number of thioether (sulfide) groups is 1. The third-order valence-corrected chi connectivity index (χ3v) is 3.62. The molecule has 1 aromatic rings. The second-order valence-electron chi connectivity index (χ2n) is 4.22. The Bertz CT molecular complexity index is 423. The molecule has 100 valence electrons. The summed E-state index contributed by atoms with van der Waals surface area (Å²) in [5.74, 6) is 1.47. The van der Waals surface area contributed by atoms with E-state index in [1.165, 1.54) is 0 Å². The Balaban J connectivity index is 2.92. The van der Waals surface area contributed by atoms with Crippen molar-refractivity contribution in [3.05, 3.63) is 23.8 Å². The molecule has 5 heteroatoms. The van der Waals surface area contributed by atoms with E-state index in [4.69, 9.17) is 10.5 Å². The minimum atomic E-state index is -0.0397. The summed E-state index contributed by atoms with van der Waals surface area (Å²) in [5.41, 5.74) is 6.84. The van der Waals surface area contributed by atoms with Gasteiger partial charge in [0.25, 0.3) is 5.91 Å². The molecular weight excluding hydrogens is 248 g/mol. The fraction of sp³-hybridized carbons (Fsp3) is 0.462. The molecule has 1 rings (SSSR count). The third kappa shape index (κ3) is 3.57. The number of nitrogens with zero attached hydrogens (tertiary/aromatic N) is 1. The number of ether oxygens (including phenoxy) is 1. The number of benzene rings is 1. The molecular formula is C13H20N2O2S. The molecule has 1 atom stereocenters. The van der Waals surface area contributed by atoms with E-state index in [0.717, 1.165) is 5.75 Å². The number of hydrogen-bond donors (Lipinski definition) is 1. The first kappa shape index (κ1) is 14.7. The lowest BCUT2D eigenvalue weighted by Crippen LogP contribution is -2.36. The highest BCUT2D eigenvalue weighted by molar-refractivity contribution is 7.98. The summed E-state index contributed by atoms with van der Waals surface area (Å²) >= 11 is 1.72. The minimum absolute atomic E-state index is 0.0397. The summed E-state index contributed by atoms with van der Waals surface area (Å²) in [6.07, 6.45) is 2.03. The highest BCUT2D eigenvalue weighted by atomic mass is 32.2. The van der Waals surface area contributed by atoms with Gasteiger partial charge in [-0.2, -0.15) is 11.8 Å². The number of carbonyl (C=O) groups excluding carboxylic acids is 1. The van der Waals surface area contributed by atoms with Crippen LogP contribution in [0.5, 0.6) is 5.75 Å². The number of anilines is 1. The van der Waals surface area contributed by atoms with Gasteiger partial charge in [-0.25, -0.2) is 0 Å². The Hall–Kier alpha value is -1.36. The van der Waals surface area contributed by atoms with E-state index < -0.39 is 0 Å². The molecule has 1 amide bonds. The van der Waals surface area contributed by atoms with Crippen molar-refractivity contribution >= 4 is 23.4 Å². The van der Waals surface area contributed by atoms with Crippen LogP contribution in [-0.2, 0) is 0 Å². The maximum absolute atomic E-state index is 12.3. The molecule has 18 heavy (non-hydrogen) atoms. The zero-order valence-corrected chi connectivity index (χ0v) is 12.1. The zero-order valence-electron chi connectivity index (χ0n) is 11.3. The lowest BCUT2D eigenvalue weighted by Gasteiger charge is -2.24. The maximum Gasteiger partial charge on any atom is 0.254 e. The summed E-state index contributed by atoms with van der Waals surface area (Å²) in [5, 5.41) is 0. The minimum Gasteiger partial charge on any atom is -0.497 e. The second-order valence-corrected chi connectivity index (χ2v) is 5.13. The van der Waals surface area contributed by atoms with Crippen LogP contribution >= 0.6 is 11.8 Å². The van der Waals surface area contributed by atoms with Gasteiger partial charge in [-0.05, 0) is 25.3 Å². The molecule has 0 bridgehead atoms. The number of nitrogens with two attached hydrogens (primary N) is 1. The Labute approximate surface area is 112 Å². The van der Waals surface area contributed by atoms with Gasteiger partial charge in [-0.15, -0.1) is 0 Å². The molecule has 4 nitrogen and oxygen atoms in total. The highest BCUT2D eigenvalue weighted by Gasteiger charge is 2.18. The standard InChI is InChI=1S/C13H20N2O2S/c1-9(8-18-4)15(2)13(16)10-5-11(14)7-12(6-10)17-3/h5-7,9H,8,14H2,1-4H3. The predicted molar refractivity (Wildman–Crippen MR) is 77.3 cm³/mol. The number of amides is 1. The van der Waals surface area contributed by atoms with Gasteiger partial charge in [0.1, 0.15) is 5.75 Å². The molecule has 0 spiro atoms. The molecule has 1 aromatic carbocycles. The molecule has 0 saturated carbocycles. The fourth-order valence-electron chi connectivity index (χ4n) is 1.62. The summed E-state index contributed by atoms with van der Waals surface area (Å²) in [7, 11) is 3.36. The first-order valence-electron chi connectivity index (χ1n) is 5.70. The molecule has 1 unspecified atom stereocenters. The van der Waals surface area contributed by atoms with Crippen LogP contribution < -0.4 is 10.5 Å². The van der Waals surface area contributed by atoms with E-state index in [0.29, 0.717) is 17.0 Å². The van der Waals surface area contributed by atoms with Crippen LogP contribution in [0.3, 0.4) is 0 Å². The predicted octanol–water partition coefficient (Wildman–Crippen LogP) is 2.10. The van der Waals surface area contributed by atoms with Crippen molar-refractivity contribution in [1.82, 2.24) is 4.90 Å². The fourth-order valence-corrected chi connectivity index (χ4v) is 2.33. The van der Waals surface area contributed by atoms with E-state index in [9.17, 15) is 4.79 Å². The van der Waals surface area contributed by atoms with Gasteiger partial charge in [0.15, 0.2) is 0 Å². The van der Waals surface area contributed by atoms with Crippen LogP contribution in [-0.4, -0.2) is 43.0 Å². The van der Waals surface area contributed by atoms with Crippen molar-refractivity contribution in [1.29, 1.82) is 0 Å². The number of rotatable bonds is 5. The van der Waals surface area contributed by atoms with Crippen LogP contribution in [0, 0.1) is 0 Å². The van der Waals surface area contributed by atoms with Crippen LogP contribution in [0.25, 0.3) is 0 Å². The van der Waals surface area contributed by atoms with E-state index in [2.05, 4.69) is 0 Å². The summed E-state index contributed by atoms with van der Waals surface area (Å²) in [6.45, 7) is 2.03. The molecule has 0 fully saturated rings. The largest absolute Gasteiger partial charge is 0.497 e. The molecule has 0 aliphatic heterocycles. The maximum atomic E-state index is 12.3. The molecule has 0 saturated heterocycles. The van der Waals surface area contributed by atoms with Gasteiger partial charge in [-0.3, -0.25) is 4.79 Å². The first-order valence-corrected chi connectivity index (χ1v) is 7.09. The van der Waals surface area contributed by atoms with E-state index in [1.54, 1.807) is 49.0 Å². The Kier molecular flexibility index (Phi) is 5.34. The van der Waals surface area contributed by atoms with Gasteiger partial charge in [0.05, 0.1) is 7.11 Å². The number of carbonyl (C=O) groups is 1. The Morgan fingerprint density at radius 1 is 1.50 bits per heavy atom. The van der Waals surface area contributed by atoms with Crippen molar-refractivity contribution in [2.75, 3.05) is 31.9 Å². The van der Waals surface area contributed by atoms with Crippen molar-refractivity contribution in [2.45, 2.75) is 13.0 Å². The van der Waals surface area contributed by atoms with Crippen molar-refractivity contribution in [3.8, 4) is 5.75 Å². The molecule has 2 N–H and O–H groups in total. The van der Waals surface area contributed by atoms with Gasteiger partial charge in [-0.1, -0.05) is 0 Å². The van der Waals surface area contributed by atoms with Gasteiger partial charge in [0, 0.05) is 36.2 Å². The van der Waals surface area contributed by atoms with Crippen LogP contribution in [0.2, 0.25) is 0 Å². The monoisotopic (exact) mass is 268 g/mol. The topological polar surface area (TPSA) is 55.6 Å². The number of hydrogen-bond acceptors (Lipinski definition) is 4. The van der Waals surface area contributed by atoms with E-state index >= 15 is 0 Å². The molecule has 0 heterocycles. The highest BCUT2D eigenvalue weighted by Crippen LogP contribution is 2.20. The molecule has 0 aliphatic carbocycles. The van der Waals surface area contributed by atoms with E-state index in [-0.39, 0.29) is 11.9 Å². The zero-order chi connectivity index (χ0) is 13.7. The van der Waals surface area contributed by atoms with Crippen LogP contribution in [0.15, 0.2) is 18.2 Å². The van der Waals surface area contributed by atoms with Crippen molar-refractivity contribution < 1.29 is 9.53 Å². The van der Waals surface area contributed by atoms with E-state index in [1.807, 2.05) is 13.2 Å². The molecule has 0 radical (unpaired) electrons. The average Bonchev–Trinajstić information content (AvgIpc) is 2.36. The summed E-state index contributed by atoms with van der Waals surface area (Å²) in [4.78, 5) is 14.0. The van der Waals surface area contributed by atoms with Gasteiger partial charge in [0.2, 0.25) is 0 Å². The molecule has 0 aromatic heterocycles. The van der Waals surface area contributed by atoms with Crippen molar-refractivity contribution in [3.63, 3.8) is 0 Å². The Morgan fingerprint density at radius 3 is 2.72 bits per heavy atom. The molecule has 0 aliphatic rings.